The predicted octanol–water partition coefficient (Wildman–Crippen LogP) is 1.90. The highest BCUT2D eigenvalue weighted by Crippen LogP contribution is 2.25. The molecule has 0 bridgehead atoms. The molecule has 9 nitrogen and oxygen atoms in total. The Morgan fingerprint density at radius 1 is 1.16 bits per heavy atom. The van der Waals surface area contributed by atoms with Crippen molar-refractivity contribution in [3.05, 3.63) is 18.1 Å². The summed E-state index contributed by atoms with van der Waals surface area (Å²) in [5.41, 5.74) is 3.81. The number of nitrogens with two attached hydrogens (primary N) is 1. The zero-order valence-electron chi connectivity index (χ0n) is 19.4. The van der Waals surface area contributed by atoms with E-state index in [4.69, 9.17) is 29.8 Å². The number of ether oxygens (including phenoxy) is 4. The van der Waals surface area contributed by atoms with Crippen LogP contribution in [0.1, 0.15) is 39.3 Å². The molecule has 0 radical (unpaired) electrons. The summed E-state index contributed by atoms with van der Waals surface area (Å²) in [6, 6.07) is 0.177. The monoisotopic (exact) mass is 448 g/mol. The van der Waals surface area contributed by atoms with Gasteiger partial charge >= 0.3 is 0 Å². The Kier molecular flexibility index (Phi) is 18.4. The van der Waals surface area contributed by atoms with Crippen LogP contribution in [0.5, 0.6) is 0 Å². The van der Waals surface area contributed by atoms with Crippen molar-refractivity contribution < 1.29 is 28.4 Å². The number of aliphatic hydroxyl groups excluding tert-OH is 1. The minimum absolute atomic E-state index is 0.120. The summed E-state index contributed by atoms with van der Waals surface area (Å²) in [5, 5.41) is 10.3. The lowest BCUT2D eigenvalue weighted by atomic mass is 10.1. The van der Waals surface area contributed by atoms with Gasteiger partial charge in [0.2, 0.25) is 0 Å². The fourth-order valence-corrected chi connectivity index (χ4v) is 2.61. The molecule has 0 aliphatic carbocycles. The zero-order chi connectivity index (χ0) is 23.4. The maximum Gasteiger partial charge on any atom is 0.174 e. The van der Waals surface area contributed by atoms with Crippen LogP contribution in [-0.4, -0.2) is 87.6 Å². The molecule has 1 aliphatic heterocycles. The highest BCUT2D eigenvalue weighted by atomic mass is 19.1. The largest absolute Gasteiger partial charge is 0.400 e. The topological polar surface area (TPSA) is 121 Å². The van der Waals surface area contributed by atoms with Gasteiger partial charge < -0.3 is 35.1 Å². The minimum Gasteiger partial charge on any atom is -0.400 e. The molecule has 2 rings (SSSR count). The van der Waals surface area contributed by atoms with Crippen molar-refractivity contribution in [3.8, 4) is 0 Å². The first-order chi connectivity index (χ1) is 15.1. The molecule has 10 heteroatoms. The molecular formula is C21H41FN4O5. The van der Waals surface area contributed by atoms with Crippen molar-refractivity contribution in [2.75, 3.05) is 71.8 Å². The zero-order valence-corrected chi connectivity index (χ0v) is 19.4. The second kappa shape index (κ2) is 19.3. The van der Waals surface area contributed by atoms with E-state index in [-0.39, 0.29) is 18.3 Å². The molecule has 2 heterocycles. The quantitative estimate of drug-likeness (QED) is 0.388. The normalized spacial score (nSPS) is 17.5. The molecule has 1 fully saturated rings. The van der Waals surface area contributed by atoms with Gasteiger partial charge in [0.1, 0.15) is 11.5 Å². The third-order valence-corrected chi connectivity index (χ3v) is 4.06. The van der Waals surface area contributed by atoms with Gasteiger partial charge in [-0.2, -0.15) is 0 Å². The number of aromatic nitrogens is 2. The van der Waals surface area contributed by atoms with E-state index in [0.717, 1.165) is 26.6 Å². The molecule has 1 aliphatic rings. The third kappa shape index (κ3) is 13.6. The molecule has 31 heavy (non-hydrogen) atoms. The van der Waals surface area contributed by atoms with Gasteiger partial charge in [-0.25, -0.2) is 9.37 Å². The number of anilines is 1. The molecule has 2 atom stereocenters. The van der Waals surface area contributed by atoms with Crippen molar-refractivity contribution in [1.82, 2.24) is 9.97 Å². The van der Waals surface area contributed by atoms with Crippen LogP contribution in [-0.2, 0) is 24.6 Å². The Labute approximate surface area is 185 Å². The Balaban J connectivity index is 0.00000212. The summed E-state index contributed by atoms with van der Waals surface area (Å²) in [6.07, 6.45) is 5.02. The summed E-state index contributed by atoms with van der Waals surface area (Å²) in [6.45, 7) is 9.34. The van der Waals surface area contributed by atoms with Crippen molar-refractivity contribution in [1.29, 1.82) is 0 Å². The Hall–Kier alpha value is -1.43. The van der Waals surface area contributed by atoms with Gasteiger partial charge in [-0.15, -0.1) is 0 Å². The molecule has 0 spiro atoms. The summed E-state index contributed by atoms with van der Waals surface area (Å²) < 4.78 is 36.3. The lowest BCUT2D eigenvalue weighted by Gasteiger charge is -2.24. The van der Waals surface area contributed by atoms with Crippen LogP contribution in [0.25, 0.3) is 0 Å². The van der Waals surface area contributed by atoms with Gasteiger partial charge in [-0.3, -0.25) is 4.98 Å². The second-order valence-electron chi connectivity index (χ2n) is 6.61. The van der Waals surface area contributed by atoms with E-state index in [0.29, 0.717) is 52.0 Å². The van der Waals surface area contributed by atoms with Crippen molar-refractivity contribution in [3.63, 3.8) is 0 Å². The molecule has 4 N–H and O–H groups in total. The molecular weight excluding hydrogens is 407 g/mol. The smallest absolute Gasteiger partial charge is 0.174 e. The number of halogens is 1. The number of nitrogens with zero attached hydrogens (tertiary/aromatic N) is 2. The van der Waals surface area contributed by atoms with E-state index >= 15 is 0 Å². The summed E-state index contributed by atoms with van der Waals surface area (Å²) in [5.74, 6) is 0.549. The summed E-state index contributed by atoms with van der Waals surface area (Å²) >= 11 is 0. The first-order valence-electron chi connectivity index (χ1n) is 10.9. The number of nitrogens with one attached hydrogen (secondary N) is 1. The van der Waals surface area contributed by atoms with E-state index in [9.17, 15) is 4.39 Å². The highest BCUT2D eigenvalue weighted by molar-refractivity contribution is 5.34. The SMILES string of the molecule is CC.CC(F)(COCCOCCOCCN)c1cncc(NC2CCCOC2)n1.CO. The first kappa shape index (κ1) is 29.6. The second-order valence-corrected chi connectivity index (χ2v) is 6.61. The number of alkyl halides is 1. The van der Waals surface area contributed by atoms with Crippen LogP contribution in [0, 0.1) is 0 Å². The van der Waals surface area contributed by atoms with Crippen LogP contribution in [0.15, 0.2) is 12.4 Å². The number of aliphatic hydroxyl groups is 1. The van der Waals surface area contributed by atoms with Crippen molar-refractivity contribution in [2.45, 2.75) is 45.3 Å². The maximum atomic E-state index is 14.9. The van der Waals surface area contributed by atoms with Crippen LogP contribution in [0.2, 0.25) is 0 Å². The Bertz CT molecular complexity index is 534. The molecule has 0 aromatic carbocycles. The van der Waals surface area contributed by atoms with E-state index in [1.807, 2.05) is 13.8 Å². The van der Waals surface area contributed by atoms with Gasteiger partial charge in [0, 0.05) is 20.3 Å². The molecule has 1 aromatic rings. The van der Waals surface area contributed by atoms with Gasteiger partial charge in [-0.05, 0) is 19.8 Å². The summed E-state index contributed by atoms with van der Waals surface area (Å²) in [7, 11) is 1.00. The molecule has 182 valence electrons. The fraction of sp³-hybridized carbons (Fsp3) is 0.810. The van der Waals surface area contributed by atoms with E-state index < -0.39 is 5.67 Å². The molecule has 0 saturated carbocycles. The van der Waals surface area contributed by atoms with Gasteiger partial charge in [0.15, 0.2) is 5.67 Å². The van der Waals surface area contributed by atoms with Gasteiger partial charge in [0.05, 0.1) is 64.7 Å². The maximum absolute atomic E-state index is 14.9. The van der Waals surface area contributed by atoms with E-state index in [1.54, 1.807) is 6.20 Å². The third-order valence-electron chi connectivity index (χ3n) is 4.06. The van der Waals surface area contributed by atoms with Crippen LogP contribution < -0.4 is 11.1 Å². The number of hydrogen-bond acceptors (Lipinski definition) is 9. The van der Waals surface area contributed by atoms with E-state index in [2.05, 4.69) is 15.3 Å². The van der Waals surface area contributed by atoms with Crippen LogP contribution in [0.4, 0.5) is 10.2 Å². The molecule has 2 unspecified atom stereocenters. The van der Waals surface area contributed by atoms with Crippen LogP contribution in [0.3, 0.4) is 0 Å². The number of rotatable bonds is 13. The lowest BCUT2D eigenvalue weighted by Crippen LogP contribution is -2.31. The van der Waals surface area contributed by atoms with Crippen molar-refractivity contribution >= 4 is 5.82 Å². The average molecular weight is 449 g/mol. The van der Waals surface area contributed by atoms with Crippen molar-refractivity contribution in [2.24, 2.45) is 5.73 Å². The first-order valence-corrected chi connectivity index (χ1v) is 10.9. The Morgan fingerprint density at radius 2 is 1.81 bits per heavy atom. The van der Waals surface area contributed by atoms with E-state index in [1.165, 1.54) is 13.1 Å². The molecule has 0 amide bonds. The lowest BCUT2D eigenvalue weighted by molar-refractivity contribution is -0.0186. The van der Waals surface area contributed by atoms with Crippen LogP contribution >= 0.6 is 0 Å². The summed E-state index contributed by atoms with van der Waals surface area (Å²) in [4.78, 5) is 8.45. The Morgan fingerprint density at radius 3 is 2.42 bits per heavy atom. The highest BCUT2D eigenvalue weighted by Gasteiger charge is 2.29. The number of hydrogen-bond donors (Lipinski definition) is 3. The molecule has 1 saturated heterocycles. The average Bonchev–Trinajstić information content (AvgIpc) is 2.81. The van der Waals surface area contributed by atoms with Gasteiger partial charge in [0.25, 0.3) is 0 Å². The standard InChI is InChI=1S/C18H31FN4O4.C2H6.CH4O/c1-18(19,14-27-10-9-25-8-7-24-6-4-20)16-11-21-12-17(23-16)22-15-3-2-5-26-13-15;2*1-2/h11-12,15H,2-10,13-14,20H2,1H3,(H,22,23);1-2H3;2H,1H3. The van der Waals surface area contributed by atoms with Gasteiger partial charge in [-0.1, -0.05) is 13.8 Å². The minimum atomic E-state index is -1.74. The predicted molar refractivity (Wildman–Crippen MR) is 119 cm³/mol. The fourth-order valence-electron chi connectivity index (χ4n) is 2.61. The molecule has 1 aromatic heterocycles.